The van der Waals surface area contributed by atoms with Crippen LogP contribution in [-0.4, -0.2) is 31.5 Å². The minimum Gasteiger partial charge on any atom is -0.482 e. The fraction of sp³-hybridized carbons (Fsp3) is 0.529. The SMILES string of the molecule is CC(CC(=O)Nc1cc2c(cc1Cl)NC(=O)CO2)C1CCNCC1. The first-order chi connectivity index (χ1) is 11.5. The van der Waals surface area contributed by atoms with Crippen molar-refractivity contribution in [3.8, 4) is 5.75 Å². The fourth-order valence-corrected chi connectivity index (χ4v) is 3.48. The van der Waals surface area contributed by atoms with Crippen LogP contribution in [0.3, 0.4) is 0 Å². The largest absolute Gasteiger partial charge is 0.482 e. The monoisotopic (exact) mass is 351 g/mol. The number of fused-ring (bicyclic) bond motifs is 1. The zero-order chi connectivity index (χ0) is 17.1. The summed E-state index contributed by atoms with van der Waals surface area (Å²) in [6.07, 6.45) is 2.69. The molecular formula is C17H22ClN3O3. The maximum Gasteiger partial charge on any atom is 0.262 e. The summed E-state index contributed by atoms with van der Waals surface area (Å²) in [6, 6.07) is 3.25. The van der Waals surface area contributed by atoms with Gasteiger partial charge < -0.3 is 20.7 Å². The van der Waals surface area contributed by atoms with Crippen LogP contribution < -0.4 is 20.7 Å². The van der Waals surface area contributed by atoms with E-state index < -0.39 is 0 Å². The van der Waals surface area contributed by atoms with E-state index in [1.54, 1.807) is 12.1 Å². The lowest BCUT2D eigenvalue weighted by Crippen LogP contribution is -2.32. The molecule has 0 spiro atoms. The van der Waals surface area contributed by atoms with Crippen molar-refractivity contribution in [2.24, 2.45) is 11.8 Å². The highest BCUT2D eigenvalue weighted by atomic mass is 35.5. The average Bonchev–Trinajstić information content (AvgIpc) is 2.56. The molecule has 0 radical (unpaired) electrons. The van der Waals surface area contributed by atoms with Crippen molar-refractivity contribution in [1.29, 1.82) is 0 Å². The Morgan fingerprint density at radius 2 is 2.17 bits per heavy atom. The van der Waals surface area contributed by atoms with Gasteiger partial charge in [-0.2, -0.15) is 0 Å². The number of carbonyl (C=O) groups excluding carboxylic acids is 2. The molecule has 7 heteroatoms. The highest BCUT2D eigenvalue weighted by molar-refractivity contribution is 6.34. The molecule has 2 aliphatic rings. The molecule has 0 bridgehead atoms. The number of ether oxygens (including phenoxy) is 1. The number of hydrogen-bond acceptors (Lipinski definition) is 4. The van der Waals surface area contributed by atoms with Gasteiger partial charge in [0.1, 0.15) is 5.75 Å². The number of piperidine rings is 1. The van der Waals surface area contributed by atoms with Gasteiger partial charge in [0.25, 0.3) is 5.91 Å². The highest BCUT2D eigenvalue weighted by Crippen LogP contribution is 2.36. The Hall–Kier alpha value is -1.79. The first-order valence-corrected chi connectivity index (χ1v) is 8.67. The lowest BCUT2D eigenvalue weighted by atomic mass is 9.84. The Kier molecular flexibility index (Phi) is 5.26. The first kappa shape index (κ1) is 17.0. The van der Waals surface area contributed by atoms with Gasteiger partial charge in [-0.25, -0.2) is 0 Å². The van der Waals surface area contributed by atoms with Crippen LogP contribution >= 0.6 is 11.6 Å². The molecule has 1 aromatic rings. The molecule has 6 nitrogen and oxygen atoms in total. The molecule has 1 fully saturated rings. The Morgan fingerprint density at radius 1 is 1.42 bits per heavy atom. The molecule has 1 aromatic carbocycles. The average molecular weight is 352 g/mol. The first-order valence-electron chi connectivity index (χ1n) is 8.29. The smallest absolute Gasteiger partial charge is 0.262 e. The topological polar surface area (TPSA) is 79.5 Å². The van der Waals surface area contributed by atoms with Crippen molar-refractivity contribution < 1.29 is 14.3 Å². The van der Waals surface area contributed by atoms with E-state index in [0.29, 0.717) is 40.4 Å². The molecule has 1 atom stereocenters. The summed E-state index contributed by atoms with van der Waals surface area (Å²) in [5, 5.41) is 9.27. The molecule has 130 valence electrons. The Labute approximate surface area is 146 Å². The van der Waals surface area contributed by atoms with Crippen LogP contribution in [0.5, 0.6) is 5.75 Å². The van der Waals surface area contributed by atoms with Gasteiger partial charge in [-0.15, -0.1) is 0 Å². The van der Waals surface area contributed by atoms with Crippen molar-refractivity contribution in [1.82, 2.24) is 5.32 Å². The molecule has 1 saturated heterocycles. The van der Waals surface area contributed by atoms with Crippen LogP contribution in [0.2, 0.25) is 5.02 Å². The molecule has 3 N–H and O–H groups in total. The Bertz CT molecular complexity index is 644. The summed E-state index contributed by atoms with van der Waals surface area (Å²) in [6.45, 7) is 4.14. The van der Waals surface area contributed by atoms with Crippen LogP contribution in [0.1, 0.15) is 26.2 Å². The van der Waals surface area contributed by atoms with E-state index in [0.717, 1.165) is 25.9 Å². The third-order valence-electron chi connectivity index (χ3n) is 4.67. The molecule has 1 unspecified atom stereocenters. The number of amides is 2. The van der Waals surface area contributed by atoms with Gasteiger partial charge in [0.15, 0.2) is 6.61 Å². The van der Waals surface area contributed by atoms with Crippen molar-refractivity contribution in [2.75, 3.05) is 30.3 Å². The minimum absolute atomic E-state index is 0.0330. The van der Waals surface area contributed by atoms with E-state index in [2.05, 4.69) is 22.9 Å². The van der Waals surface area contributed by atoms with Gasteiger partial charge in [0.05, 0.1) is 16.4 Å². The van der Waals surface area contributed by atoms with Gasteiger partial charge in [0, 0.05) is 12.5 Å². The van der Waals surface area contributed by atoms with Crippen LogP contribution in [-0.2, 0) is 9.59 Å². The summed E-state index contributed by atoms with van der Waals surface area (Å²) < 4.78 is 5.36. The molecular weight excluding hydrogens is 330 g/mol. The van der Waals surface area contributed by atoms with Crippen LogP contribution in [0.15, 0.2) is 12.1 Å². The Balaban J connectivity index is 1.62. The predicted octanol–water partition coefficient (Wildman–Crippen LogP) is 2.64. The van der Waals surface area contributed by atoms with E-state index >= 15 is 0 Å². The number of anilines is 2. The summed E-state index contributed by atoms with van der Waals surface area (Å²) in [5.41, 5.74) is 1.03. The van der Waals surface area contributed by atoms with Crippen molar-refractivity contribution in [2.45, 2.75) is 26.2 Å². The normalized spacial score (nSPS) is 19.0. The molecule has 2 amide bonds. The summed E-state index contributed by atoms with van der Waals surface area (Å²) >= 11 is 6.21. The van der Waals surface area contributed by atoms with Crippen LogP contribution in [0.4, 0.5) is 11.4 Å². The second-order valence-corrected chi connectivity index (χ2v) is 6.89. The quantitative estimate of drug-likeness (QED) is 0.779. The van der Waals surface area contributed by atoms with E-state index in [1.165, 1.54) is 0 Å². The van der Waals surface area contributed by atoms with Crippen LogP contribution in [0, 0.1) is 11.8 Å². The van der Waals surface area contributed by atoms with E-state index in [4.69, 9.17) is 16.3 Å². The molecule has 2 heterocycles. The molecule has 2 aliphatic heterocycles. The maximum atomic E-state index is 12.3. The zero-order valence-electron chi connectivity index (χ0n) is 13.7. The number of benzene rings is 1. The number of halogens is 1. The molecule has 0 aliphatic carbocycles. The lowest BCUT2D eigenvalue weighted by molar-refractivity contribution is -0.119. The van der Waals surface area contributed by atoms with Crippen molar-refractivity contribution in [3.05, 3.63) is 17.2 Å². The van der Waals surface area contributed by atoms with E-state index in [1.807, 2.05) is 0 Å². The molecule has 0 aromatic heterocycles. The zero-order valence-corrected chi connectivity index (χ0v) is 14.4. The second kappa shape index (κ2) is 7.40. The van der Waals surface area contributed by atoms with Crippen molar-refractivity contribution >= 4 is 34.8 Å². The number of carbonyl (C=O) groups is 2. The molecule has 24 heavy (non-hydrogen) atoms. The van der Waals surface area contributed by atoms with Gasteiger partial charge >= 0.3 is 0 Å². The summed E-state index contributed by atoms with van der Waals surface area (Å²) in [5.74, 6) is 1.16. The highest BCUT2D eigenvalue weighted by Gasteiger charge is 2.23. The summed E-state index contributed by atoms with van der Waals surface area (Å²) in [7, 11) is 0. The van der Waals surface area contributed by atoms with E-state index in [-0.39, 0.29) is 18.4 Å². The predicted molar refractivity (Wildman–Crippen MR) is 93.6 cm³/mol. The van der Waals surface area contributed by atoms with Crippen molar-refractivity contribution in [3.63, 3.8) is 0 Å². The van der Waals surface area contributed by atoms with Gasteiger partial charge in [-0.1, -0.05) is 18.5 Å². The second-order valence-electron chi connectivity index (χ2n) is 6.48. The third kappa shape index (κ3) is 3.99. The lowest BCUT2D eigenvalue weighted by Gasteiger charge is -2.28. The van der Waals surface area contributed by atoms with Gasteiger partial charge in [-0.3, -0.25) is 9.59 Å². The molecule has 0 saturated carbocycles. The number of nitrogens with one attached hydrogen (secondary N) is 3. The fourth-order valence-electron chi connectivity index (χ4n) is 3.27. The Morgan fingerprint density at radius 3 is 2.92 bits per heavy atom. The van der Waals surface area contributed by atoms with Gasteiger partial charge in [0.2, 0.25) is 5.91 Å². The number of rotatable bonds is 4. The third-order valence-corrected chi connectivity index (χ3v) is 4.98. The van der Waals surface area contributed by atoms with Crippen LogP contribution in [0.25, 0.3) is 0 Å². The standard InChI is InChI=1S/C17H22ClN3O3/c1-10(11-2-4-19-5-3-11)6-16(22)20-13-8-15-14(7-12(13)18)21-17(23)9-24-15/h7-8,10-11,19H,2-6,9H2,1H3,(H,20,22)(H,21,23). The van der Waals surface area contributed by atoms with Gasteiger partial charge in [-0.05, 0) is 43.8 Å². The minimum atomic E-state index is -0.217. The number of hydrogen-bond donors (Lipinski definition) is 3. The maximum absolute atomic E-state index is 12.3. The van der Waals surface area contributed by atoms with E-state index in [9.17, 15) is 9.59 Å². The molecule has 3 rings (SSSR count). The summed E-state index contributed by atoms with van der Waals surface area (Å²) in [4.78, 5) is 23.7.